The molecule has 5 rings (SSSR count). The molecule has 0 radical (unpaired) electrons. The lowest BCUT2D eigenvalue weighted by atomic mass is 10.1. The van der Waals surface area contributed by atoms with Crippen LogP contribution in [0, 0.1) is 18.3 Å². The number of aromatic nitrogens is 3. The number of aliphatic hydroxyl groups is 1. The number of carbonyl (C=O) groups is 1. The number of nitriles is 1. The number of anilines is 1. The number of H-pyrrole nitrogens is 1. The Bertz CT molecular complexity index is 1680. The van der Waals surface area contributed by atoms with Gasteiger partial charge in [0.25, 0.3) is 0 Å². The minimum Gasteiger partial charge on any atom is -0.457 e. The molecule has 0 aliphatic heterocycles. The summed E-state index contributed by atoms with van der Waals surface area (Å²) in [5, 5.41) is 27.3. The Balaban J connectivity index is 1.43. The second-order valence-corrected chi connectivity index (χ2v) is 8.56. The third-order valence-corrected chi connectivity index (χ3v) is 6.16. The Morgan fingerprint density at radius 1 is 1.16 bits per heavy atom. The molecule has 37 heavy (non-hydrogen) atoms. The summed E-state index contributed by atoms with van der Waals surface area (Å²) in [6, 6.07) is 21.6. The molecule has 0 bridgehead atoms. The van der Waals surface area contributed by atoms with E-state index in [1.54, 1.807) is 49.5 Å². The number of benzene rings is 3. The highest BCUT2D eigenvalue weighted by Crippen LogP contribution is 2.29. The normalized spacial score (nSPS) is 11.8. The molecule has 0 aliphatic carbocycles. The van der Waals surface area contributed by atoms with E-state index in [1.165, 1.54) is 10.9 Å². The molecule has 0 amide bonds. The molecule has 5 N–H and O–H groups in total. The summed E-state index contributed by atoms with van der Waals surface area (Å²) in [6.07, 6.45) is 0.588. The molecule has 0 saturated heterocycles. The van der Waals surface area contributed by atoms with E-state index in [9.17, 15) is 9.90 Å². The van der Waals surface area contributed by atoms with Gasteiger partial charge < -0.3 is 20.6 Å². The molecule has 0 spiro atoms. The van der Waals surface area contributed by atoms with Crippen molar-refractivity contribution in [3.8, 4) is 23.3 Å². The van der Waals surface area contributed by atoms with Crippen LogP contribution >= 0.6 is 0 Å². The Kier molecular flexibility index (Phi) is 6.19. The van der Waals surface area contributed by atoms with Gasteiger partial charge in [0.05, 0.1) is 34.8 Å². The topological polar surface area (TPSA) is 142 Å². The number of ether oxygens (including phenoxy) is 1. The van der Waals surface area contributed by atoms with Crippen LogP contribution in [0.15, 0.2) is 72.9 Å². The highest BCUT2D eigenvalue weighted by Gasteiger charge is 2.21. The maximum absolute atomic E-state index is 13.3. The first-order chi connectivity index (χ1) is 17.9. The molecule has 3 aromatic carbocycles. The van der Waals surface area contributed by atoms with Crippen LogP contribution in [0.4, 0.5) is 5.82 Å². The molecule has 9 heteroatoms. The zero-order valence-corrected chi connectivity index (χ0v) is 20.2. The average molecular weight is 493 g/mol. The fourth-order valence-electron chi connectivity index (χ4n) is 4.26. The summed E-state index contributed by atoms with van der Waals surface area (Å²) in [5.41, 5.74) is 10.4. The summed E-state index contributed by atoms with van der Waals surface area (Å²) < 4.78 is 7.41. The number of hydrogen-bond donors (Lipinski definition) is 4. The van der Waals surface area contributed by atoms with Crippen molar-refractivity contribution in [1.82, 2.24) is 20.1 Å². The minimum absolute atomic E-state index is 0.206. The van der Waals surface area contributed by atoms with E-state index in [0.29, 0.717) is 34.0 Å². The maximum atomic E-state index is 13.3. The molecule has 184 valence electrons. The van der Waals surface area contributed by atoms with Gasteiger partial charge in [0.15, 0.2) is 0 Å². The molecule has 2 heterocycles. The lowest BCUT2D eigenvalue weighted by Crippen LogP contribution is -2.15. The van der Waals surface area contributed by atoms with Gasteiger partial charge in [0.2, 0.25) is 5.78 Å². The summed E-state index contributed by atoms with van der Waals surface area (Å²) in [7, 11) is 1.66. The number of hydrogen-bond acceptors (Lipinski definition) is 7. The number of nitrogen functional groups attached to an aromatic ring is 1. The molecule has 9 nitrogen and oxygen atoms in total. The Morgan fingerprint density at radius 3 is 2.70 bits per heavy atom. The van der Waals surface area contributed by atoms with Crippen molar-refractivity contribution in [3.05, 3.63) is 101 Å². The van der Waals surface area contributed by atoms with Crippen molar-refractivity contribution in [1.29, 1.82) is 5.26 Å². The number of ketones is 1. The van der Waals surface area contributed by atoms with Crippen LogP contribution in [0.1, 0.15) is 39.0 Å². The van der Waals surface area contributed by atoms with E-state index < -0.39 is 6.23 Å². The second-order valence-electron chi connectivity index (χ2n) is 8.56. The van der Waals surface area contributed by atoms with Gasteiger partial charge in [-0.05, 0) is 68.1 Å². The molecular weight excluding hydrogens is 468 g/mol. The van der Waals surface area contributed by atoms with Gasteiger partial charge in [0, 0.05) is 16.5 Å². The molecule has 2 aromatic heterocycles. The number of aromatic amines is 1. The zero-order chi connectivity index (χ0) is 26.1. The summed E-state index contributed by atoms with van der Waals surface area (Å²) in [4.78, 5) is 16.5. The van der Waals surface area contributed by atoms with Gasteiger partial charge >= 0.3 is 0 Å². The largest absolute Gasteiger partial charge is 0.457 e. The lowest BCUT2D eigenvalue weighted by molar-refractivity contribution is 0.103. The van der Waals surface area contributed by atoms with Crippen molar-refractivity contribution in [2.45, 2.75) is 13.2 Å². The third-order valence-electron chi connectivity index (χ3n) is 6.16. The van der Waals surface area contributed by atoms with E-state index in [2.05, 4.69) is 21.5 Å². The SMILES string of the molecule is CNC(O)c1cccc2[nH]c(C(=O)c3cnn(-c4ccc(Oc5cccc(C#N)c5)cc4C)c3N)cc12. The van der Waals surface area contributed by atoms with Crippen LogP contribution in [0.2, 0.25) is 0 Å². The van der Waals surface area contributed by atoms with E-state index in [0.717, 1.165) is 16.5 Å². The van der Waals surface area contributed by atoms with Crippen LogP contribution in [0.25, 0.3) is 16.6 Å². The second kappa shape index (κ2) is 9.62. The molecule has 1 unspecified atom stereocenters. The Hall–Kier alpha value is -4.91. The number of nitrogens with two attached hydrogens (primary N) is 1. The third kappa shape index (κ3) is 4.43. The van der Waals surface area contributed by atoms with E-state index in [-0.39, 0.29) is 17.2 Å². The quantitative estimate of drug-likeness (QED) is 0.195. The van der Waals surface area contributed by atoms with Gasteiger partial charge in [-0.25, -0.2) is 4.68 Å². The average Bonchev–Trinajstić information content (AvgIpc) is 3.52. The predicted molar refractivity (Wildman–Crippen MR) is 140 cm³/mol. The molecule has 0 fully saturated rings. The van der Waals surface area contributed by atoms with Crippen molar-refractivity contribution < 1.29 is 14.6 Å². The lowest BCUT2D eigenvalue weighted by Gasteiger charge is -2.11. The van der Waals surface area contributed by atoms with Crippen molar-refractivity contribution in [2.24, 2.45) is 0 Å². The first-order valence-corrected chi connectivity index (χ1v) is 11.5. The smallest absolute Gasteiger partial charge is 0.214 e. The van der Waals surface area contributed by atoms with Crippen molar-refractivity contribution in [2.75, 3.05) is 12.8 Å². The zero-order valence-electron chi connectivity index (χ0n) is 20.2. The van der Waals surface area contributed by atoms with Gasteiger partial charge in [0.1, 0.15) is 23.5 Å². The highest BCUT2D eigenvalue weighted by atomic mass is 16.5. The van der Waals surface area contributed by atoms with Gasteiger partial charge in [-0.15, -0.1) is 0 Å². The van der Waals surface area contributed by atoms with Gasteiger partial charge in [-0.2, -0.15) is 10.4 Å². The van der Waals surface area contributed by atoms with Gasteiger partial charge in [-0.1, -0.05) is 18.2 Å². The van der Waals surface area contributed by atoms with E-state index >= 15 is 0 Å². The van der Waals surface area contributed by atoms with Crippen LogP contribution in [0.3, 0.4) is 0 Å². The number of carbonyl (C=O) groups excluding carboxylic acids is 1. The first-order valence-electron chi connectivity index (χ1n) is 11.5. The van der Waals surface area contributed by atoms with E-state index in [4.69, 9.17) is 15.7 Å². The monoisotopic (exact) mass is 492 g/mol. The van der Waals surface area contributed by atoms with Gasteiger partial charge in [-0.3, -0.25) is 10.1 Å². The number of aryl methyl sites for hydroxylation is 1. The number of nitrogens with zero attached hydrogens (tertiary/aromatic N) is 3. The summed E-state index contributed by atoms with van der Waals surface area (Å²) in [6.45, 7) is 1.89. The Morgan fingerprint density at radius 2 is 1.95 bits per heavy atom. The Labute approximate surface area is 212 Å². The van der Waals surface area contributed by atoms with Crippen LogP contribution in [-0.2, 0) is 0 Å². The van der Waals surface area contributed by atoms with Crippen molar-refractivity contribution >= 4 is 22.5 Å². The molecule has 1 atom stereocenters. The van der Waals surface area contributed by atoms with Crippen molar-refractivity contribution in [3.63, 3.8) is 0 Å². The number of rotatable bonds is 7. The van der Waals surface area contributed by atoms with Crippen LogP contribution < -0.4 is 15.8 Å². The fraction of sp³-hybridized carbons (Fsp3) is 0.107. The molecule has 0 saturated carbocycles. The molecule has 0 aliphatic rings. The van der Waals surface area contributed by atoms with E-state index in [1.807, 2.05) is 31.2 Å². The maximum Gasteiger partial charge on any atom is 0.214 e. The summed E-state index contributed by atoms with van der Waals surface area (Å²) in [5.74, 6) is 1.05. The first kappa shape index (κ1) is 23.8. The fourth-order valence-corrected chi connectivity index (χ4v) is 4.26. The van der Waals surface area contributed by atoms with Crippen LogP contribution in [-0.4, -0.2) is 32.7 Å². The highest BCUT2D eigenvalue weighted by molar-refractivity contribution is 6.12. The number of aliphatic hydroxyl groups excluding tert-OH is 1. The minimum atomic E-state index is -0.861. The standard InChI is InChI=1S/C28H24N6O3/c1-16-11-19(37-18-6-3-5-17(12-18)14-29)9-10-25(16)34-27(30)22(15-32-34)26(35)24-13-21-20(28(36)31-2)7-4-8-23(21)33-24/h3-13,15,28,31,33,36H,30H2,1-2H3. The molecule has 5 aromatic rings. The predicted octanol–water partition coefficient (Wildman–Crippen LogP) is 4.35. The molecular formula is C28H24N6O3. The number of nitrogens with one attached hydrogen (secondary N) is 2. The number of fused-ring (bicyclic) bond motifs is 1. The van der Waals surface area contributed by atoms with Crippen LogP contribution in [0.5, 0.6) is 11.5 Å². The summed E-state index contributed by atoms with van der Waals surface area (Å²) >= 11 is 0.